The molecule has 0 aromatic rings. The molecule has 14 nitrogen and oxygen atoms in total. The molecule has 2 atom stereocenters. The quantitative estimate of drug-likeness (QED) is 0.238. The van der Waals surface area contributed by atoms with Gasteiger partial charge in [0, 0.05) is 19.8 Å². The zero-order chi connectivity index (χ0) is 30.0. The first kappa shape index (κ1) is 40.5. The van der Waals surface area contributed by atoms with Crippen LogP contribution in [0.2, 0.25) is 0 Å². The first-order valence-corrected chi connectivity index (χ1v) is 11.1. The Labute approximate surface area is 216 Å². The summed E-state index contributed by atoms with van der Waals surface area (Å²) in [6.07, 6.45) is 1.45. The van der Waals surface area contributed by atoms with Crippen molar-refractivity contribution in [1.82, 2.24) is 0 Å². The van der Waals surface area contributed by atoms with E-state index >= 15 is 0 Å². The van der Waals surface area contributed by atoms with Gasteiger partial charge in [0.25, 0.3) is 5.97 Å². The van der Waals surface area contributed by atoms with Gasteiger partial charge in [-0.15, -0.1) is 0 Å². The van der Waals surface area contributed by atoms with E-state index in [9.17, 15) is 28.8 Å². The molecule has 0 spiro atoms. The maximum absolute atomic E-state index is 11.0. The summed E-state index contributed by atoms with van der Waals surface area (Å²) in [5.41, 5.74) is 0. The molecular weight excluding hydrogens is 500 g/mol. The lowest BCUT2D eigenvalue weighted by molar-refractivity contribution is -0.152. The van der Waals surface area contributed by atoms with Crippen molar-refractivity contribution in [3.8, 4) is 0 Å². The van der Waals surface area contributed by atoms with Crippen LogP contribution < -0.4 is 0 Å². The number of rotatable bonds is 12. The third-order valence-electron chi connectivity index (χ3n) is 4.12. The number of aliphatic carboxylic acids is 3. The Morgan fingerprint density at radius 1 is 0.595 bits per heavy atom. The highest BCUT2D eigenvalue weighted by atomic mass is 16.5. The second-order valence-corrected chi connectivity index (χ2v) is 6.98. The monoisotopic (exact) mass is 540 g/mol. The molecule has 0 heterocycles. The predicted molar refractivity (Wildman–Crippen MR) is 127 cm³/mol. The van der Waals surface area contributed by atoms with Crippen molar-refractivity contribution in [1.29, 1.82) is 0 Å². The molecule has 3 N–H and O–H groups in total. The molecule has 0 aromatic carbocycles. The van der Waals surface area contributed by atoms with Crippen molar-refractivity contribution in [2.45, 2.75) is 65.7 Å². The van der Waals surface area contributed by atoms with Gasteiger partial charge in [0.1, 0.15) is 0 Å². The van der Waals surface area contributed by atoms with E-state index in [4.69, 9.17) is 20.1 Å². The van der Waals surface area contributed by atoms with E-state index in [0.717, 1.165) is 6.92 Å². The van der Waals surface area contributed by atoms with Gasteiger partial charge in [-0.05, 0) is 19.3 Å². The van der Waals surface area contributed by atoms with Crippen LogP contribution in [-0.2, 0) is 52.5 Å². The van der Waals surface area contributed by atoms with Crippen molar-refractivity contribution in [3.63, 3.8) is 0 Å². The molecule has 0 fully saturated rings. The van der Waals surface area contributed by atoms with Crippen molar-refractivity contribution < 1.29 is 67.8 Å². The molecule has 0 aliphatic heterocycles. The van der Waals surface area contributed by atoms with Gasteiger partial charge in [0.2, 0.25) is 0 Å². The number of carboxylic acids is 3. The number of methoxy groups -OCH3 is 4. The molecule has 0 radical (unpaired) electrons. The highest BCUT2D eigenvalue weighted by Crippen LogP contribution is 2.11. The Balaban J connectivity index is -0.000000207. The molecule has 37 heavy (non-hydrogen) atoms. The summed E-state index contributed by atoms with van der Waals surface area (Å²) in [6, 6.07) is 0. The molecule has 2 unspecified atom stereocenters. The van der Waals surface area contributed by atoms with E-state index < -0.39 is 17.9 Å². The second-order valence-electron chi connectivity index (χ2n) is 6.98. The minimum Gasteiger partial charge on any atom is -0.481 e. The van der Waals surface area contributed by atoms with Crippen LogP contribution in [0.1, 0.15) is 65.7 Å². The van der Waals surface area contributed by atoms with E-state index in [1.54, 1.807) is 0 Å². The van der Waals surface area contributed by atoms with Crippen LogP contribution >= 0.6 is 0 Å². The van der Waals surface area contributed by atoms with Crippen LogP contribution in [0.4, 0.5) is 0 Å². The summed E-state index contributed by atoms with van der Waals surface area (Å²) in [6.45, 7) is 4.73. The highest BCUT2D eigenvalue weighted by molar-refractivity contribution is 5.80. The number of esters is 4. The Kier molecular flexibility index (Phi) is 29.4. The first-order valence-electron chi connectivity index (χ1n) is 11.1. The highest BCUT2D eigenvalue weighted by Gasteiger charge is 2.21. The van der Waals surface area contributed by atoms with Crippen LogP contribution in [0.5, 0.6) is 0 Å². The summed E-state index contributed by atoms with van der Waals surface area (Å²) >= 11 is 0. The Hall–Kier alpha value is -3.71. The summed E-state index contributed by atoms with van der Waals surface area (Å²) in [5.74, 6) is -4.96. The van der Waals surface area contributed by atoms with Gasteiger partial charge in [-0.3, -0.25) is 33.6 Å². The van der Waals surface area contributed by atoms with E-state index in [2.05, 4.69) is 18.9 Å². The molecule has 0 saturated heterocycles. The van der Waals surface area contributed by atoms with Crippen molar-refractivity contribution in [3.05, 3.63) is 0 Å². The summed E-state index contributed by atoms with van der Waals surface area (Å²) in [4.78, 5) is 72.0. The van der Waals surface area contributed by atoms with Crippen LogP contribution in [-0.4, -0.2) is 85.5 Å². The predicted octanol–water partition coefficient (Wildman–Crippen LogP) is 1.91. The average molecular weight is 541 g/mol. The largest absolute Gasteiger partial charge is 0.481 e. The molecule has 0 amide bonds. The second kappa shape index (κ2) is 26.9. The smallest absolute Gasteiger partial charge is 0.309 e. The van der Waals surface area contributed by atoms with Gasteiger partial charge in [0.05, 0.1) is 53.1 Å². The number of carbonyl (C=O) groups is 7. The number of carbonyl (C=O) groups excluding carboxylic acids is 4. The Morgan fingerprint density at radius 2 is 0.865 bits per heavy atom. The molecule has 0 aliphatic rings. The van der Waals surface area contributed by atoms with Gasteiger partial charge in [-0.25, -0.2) is 0 Å². The molecule has 0 rings (SSSR count). The molecule has 216 valence electrons. The van der Waals surface area contributed by atoms with Gasteiger partial charge in [-0.2, -0.15) is 0 Å². The maximum atomic E-state index is 11.0. The van der Waals surface area contributed by atoms with Crippen molar-refractivity contribution in [2.75, 3.05) is 28.4 Å². The Morgan fingerprint density at radius 3 is 1.03 bits per heavy atom. The van der Waals surface area contributed by atoms with Gasteiger partial charge in [-0.1, -0.05) is 13.8 Å². The normalized spacial score (nSPS) is 10.6. The van der Waals surface area contributed by atoms with Gasteiger partial charge < -0.3 is 34.3 Å². The average Bonchev–Trinajstić information content (AvgIpc) is 2.84. The number of hydrogen-bond acceptors (Lipinski definition) is 11. The summed E-state index contributed by atoms with van der Waals surface area (Å²) < 4.78 is 17.9. The lowest BCUT2D eigenvalue weighted by atomic mass is 10.0. The summed E-state index contributed by atoms with van der Waals surface area (Å²) in [7, 11) is 5.21. The Bertz CT molecular complexity index is 646. The van der Waals surface area contributed by atoms with Crippen LogP contribution in [0.3, 0.4) is 0 Å². The van der Waals surface area contributed by atoms with Crippen molar-refractivity contribution >= 4 is 41.8 Å². The van der Waals surface area contributed by atoms with E-state index in [0.29, 0.717) is 12.8 Å². The zero-order valence-corrected chi connectivity index (χ0v) is 22.4. The maximum Gasteiger partial charge on any atom is 0.309 e. The zero-order valence-electron chi connectivity index (χ0n) is 22.4. The number of carboxylic acid groups (broad SMARTS) is 3. The first-order chi connectivity index (χ1) is 17.2. The van der Waals surface area contributed by atoms with Crippen LogP contribution in [0.25, 0.3) is 0 Å². The fraction of sp³-hybridized carbons (Fsp3) is 0.696. The standard InChI is InChI=1S/2C8H14O4.C5H8O4.C2H4O2/c2*1-4-6(8(10)12-3)5-7(9)11-2;6-4(7)2-1-3-5(8)9;1-2(3)4/h2*6H,4-5H2,1-3H3;1-3H2,(H,6,7)(H,8,9);1H3,(H,3,4). The number of ether oxygens (including phenoxy) is 4. The minimum atomic E-state index is -0.948. The molecule has 0 aliphatic carbocycles. The minimum absolute atomic E-state index is 0.0632. The molecule has 0 saturated carbocycles. The molecular formula is C23H40O14. The lowest BCUT2D eigenvalue weighted by Gasteiger charge is -2.09. The van der Waals surface area contributed by atoms with E-state index in [1.807, 2.05) is 13.8 Å². The van der Waals surface area contributed by atoms with Crippen molar-refractivity contribution in [2.24, 2.45) is 11.8 Å². The third-order valence-corrected chi connectivity index (χ3v) is 4.12. The van der Waals surface area contributed by atoms with Crippen LogP contribution in [0, 0.1) is 11.8 Å². The third kappa shape index (κ3) is 32.3. The topological polar surface area (TPSA) is 217 Å². The molecule has 14 heteroatoms. The fourth-order valence-electron chi connectivity index (χ4n) is 2.08. The number of hydrogen-bond donors (Lipinski definition) is 3. The van der Waals surface area contributed by atoms with Crippen LogP contribution in [0.15, 0.2) is 0 Å². The van der Waals surface area contributed by atoms with Gasteiger partial charge >= 0.3 is 35.8 Å². The SMILES string of the molecule is CC(=O)O.CCC(CC(=O)OC)C(=O)OC.CCC(CC(=O)OC)C(=O)OC.O=C(O)CCCC(=O)O. The lowest BCUT2D eigenvalue weighted by Crippen LogP contribution is -2.19. The molecule has 0 bridgehead atoms. The molecule has 0 aromatic heterocycles. The van der Waals surface area contributed by atoms with Gasteiger partial charge in [0.15, 0.2) is 0 Å². The van der Waals surface area contributed by atoms with E-state index in [1.165, 1.54) is 28.4 Å². The van der Waals surface area contributed by atoms with E-state index in [-0.39, 0.29) is 67.8 Å². The summed E-state index contributed by atoms with van der Waals surface area (Å²) in [5, 5.41) is 23.5. The fourth-order valence-corrected chi connectivity index (χ4v) is 2.08.